The van der Waals surface area contributed by atoms with Crippen LogP contribution < -0.4 is 5.32 Å². The lowest BCUT2D eigenvalue weighted by atomic mass is 9.85. The molecule has 0 amide bonds. The fourth-order valence-electron chi connectivity index (χ4n) is 2.59. The number of anilines is 1. The van der Waals surface area contributed by atoms with E-state index in [1.165, 1.54) is 22.4 Å². The zero-order chi connectivity index (χ0) is 13.3. The fourth-order valence-corrected chi connectivity index (χ4v) is 2.59. The van der Waals surface area contributed by atoms with Crippen LogP contribution in [0, 0.1) is 0 Å². The summed E-state index contributed by atoms with van der Waals surface area (Å²) in [6, 6.07) is 6.88. The molecule has 0 saturated heterocycles. The Balaban J connectivity index is 2.50. The molecule has 0 saturated carbocycles. The van der Waals surface area contributed by atoms with Crippen molar-refractivity contribution in [1.29, 1.82) is 0 Å². The van der Waals surface area contributed by atoms with E-state index in [0.717, 1.165) is 12.8 Å². The molecule has 0 bridgehead atoms. The minimum atomic E-state index is 0.105. The molecule has 1 aliphatic rings. The van der Waals surface area contributed by atoms with Crippen molar-refractivity contribution in [2.45, 2.75) is 58.9 Å². The van der Waals surface area contributed by atoms with E-state index < -0.39 is 0 Å². The molecule has 1 N–H and O–H groups in total. The Morgan fingerprint density at radius 1 is 1.22 bits per heavy atom. The first-order valence-electron chi connectivity index (χ1n) is 7.13. The Bertz CT molecular complexity index is 470. The van der Waals surface area contributed by atoms with E-state index >= 15 is 0 Å². The van der Waals surface area contributed by atoms with E-state index in [-0.39, 0.29) is 5.54 Å². The van der Waals surface area contributed by atoms with Crippen molar-refractivity contribution in [3.63, 3.8) is 0 Å². The van der Waals surface area contributed by atoms with Crippen LogP contribution in [0.4, 0.5) is 5.69 Å². The maximum Gasteiger partial charge on any atom is 0.0531 e. The molecule has 1 aromatic rings. The Kier molecular flexibility index (Phi) is 3.52. The highest BCUT2D eigenvalue weighted by atomic mass is 15.0. The van der Waals surface area contributed by atoms with Gasteiger partial charge < -0.3 is 5.32 Å². The number of fused-ring (bicyclic) bond motifs is 1. The van der Waals surface area contributed by atoms with E-state index in [2.05, 4.69) is 64.2 Å². The van der Waals surface area contributed by atoms with Gasteiger partial charge in [-0.05, 0) is 42.9 Å². The van der Waals surface area contributed by atoms with Gasteiger partial charge in [0.05, 0.1) is 5.54 Å². The molecule has 1 aliphatic heterocycles. The van der Waals surface area contributed by atoms with Crippen LogP contribution in [0.2, 0.25) is 0 Å². The van der Waals surface area contributed by atoms with Gasteiger partial charge in [0.15, 0.2) is 0 Å². The van der Waals surface area contributed by atoms with Crippen molar-refractivity contribution in [2.75, 3.05) is 5.32 Å². The average Bonchev–Trinajstić information content (AvgIpc) is 2.36. The van der Waals surface area contributed by atoms with Crippen LogP contribution >= 0.6 is 0 Å². The minimum absolute atomic E-state index is 0.105. The van der Waals surface area contributed by atoms with E-state index in [0.29, 0.717) is 5.92 Å². The number of rotatable bonds is 3. The summed E-state index contributed by atoms with van der Waals surface area (Å²) < 4.78 is 0. The van der Waals surface area contributed by atoms with Gasteiger partial charge >= 0.3 is 0 Å². The summed E-state index contributed by atoms with van der Waals surface area (Å²) in [4.78, 5) is 0. The second-order valence-corrected chi connectivity index (χ2v) is 5.88. The van der Waals surface area contributed by atoms with E-state index in [1.807, 2.05) is 0 Å². The number of hydrogen-bond acceptors (Lipinski definition) is 1. The van der Waals surface area contributed by atoms with Gasteiger partial charge in [0.25, 0.3) is 0 Å². The SMILES string of the molecule is CCC1=CC(C)(CC)Nc2cc(C(C)C)ccc21. The molecule has 0 aliphatic carbocycles. The van der Waals surface area contributed by atoms with Gasteiger partial charge in [-0.15, -0.1) is 0 Å². The standard InChI is InChI=1S/C17H25N/c1-6-13-11-17(5,7-2)18-16-10-14(12(3)4)8-9-15(13)16/h8-12,18H,6-7H2,1-5H3. The van der Waals surface area contributed by atoms with Crippen molar-refractivity contribution in [1.82, 2.24) is 0 Å². The highest BCUT2D eigenvalue weighted by molar-refractivity contribution is 5.81. The summed E-state index contributed by atoms with van der Waals surface area (Å²) in [7, 11) is 0. The normalized spacial score (nSPS) is 22.4. The van der Waals surface area contributed by atoms with Crippen molar-refractivity contribution in [3.8, 4) is 0 Å². The molecule has 18 heavy (non-hydrogen) atoms. The first kappa shape index (κ1) is 13.2. The molecule has 0 aromatic heterocycles. The zero-order valence-corrected chi connectivity index (χ0v) is 12.3. The molecule has 1 heterocycles. The molecule has 0 radical (unpaired) electrons. The third-order valence-corrected chi connectivity index (χ3v) is 4.08. The largest absolute Gasteiger partial charge is 0.376 e. The molecular formula is C17H25N. The molecular weight excluding hydrogens is 218 g/mol. The second kappa shape index (κ2) is 4.79. The molecule has 2 rings (SSSR count). The molecule has 1 nitrogen and oxygen atoms in total. The maximum atomic E-state index is 3.71. The van der Waals surface area contributed by atoms with E-state index in [1.54, 1.807) is 0 Å². The quantitative estimate of drug-likeness (QED) is 0.769. The van der Waals surface area contributed by atoms with Gasteiger partial charge in [-0.2, -0.15) is 0 Å². The maximum absolute atomic E-state index is 3.71. The molecule has 1 unspecified atom stereocenters. The third-order valence-electron chi connectivity index (χ3n) is 4.08. The molecule has 0 fully saturated rings. The van der Waals surface area contributed by atoms with Crippen LogP contribution in [0.1, 0.15) is 64.5 Å². The predicted molar refractivity (Wildman–Crippen MR) is 81.1 cm³/mol. The molecule has 1 aromatic carbocycles. The van der Waals surface area contributed by atoms with Gasteiger partial charge in [-0.25, -0.2) is 0 Å². The number of nitrogens with one attached hydrogen (secondary N) is 1. The average molecular weight is 243 g/mol. The van der Waals surface area contributed by atoms with Crippen molar-refractivity contribution in [2.24, 2.45) is 0 Å². The fraction of sp³-hybridized carbons (Fsp3) is 0.529. The monoisotopic (exact) mass is 243 g/mol. The lowest BCUT2D eigenvalue weighted by Gasteiger charge is -2.35. The van der Waals surface area contributed by atoms with Crippen molar-refractivity contribution >= 4 is 11.3 Å². The van der Waals surface area contributed by atoms with Crippen LogP contribution in [-0.2, 0) is 0 Å². The summed E-state index contributed by atoms with van der Waals surface area (Å²) in [6.45, 7) is 11.3. The highest BCUT2D eigenvalue weighted by Crippen LogP contribution is 2.38. The van der Waals surface area contributed by atoms with Crippen molar-refractivity contribution < 1.29 is 0 Å². The smallest absolute Gasteiger partial charge is 0.0531 e. The van der Waals surface area contributed by atoms with Crippen LogP contribution in [0.15, 0.2) is 24.3 Å². The number of allylic oxidation sites excluding steroid dienone is 1. The van der Waals surface area contributed by atoms with Gasteiger partial charge in [0.1, 0.15) is 0 Å². The zero-order valence-electron chi connectivity index (χ0n) is 12.3. The van der Waals surface area contributed by atoms with E-state index in [9.17, 15) is 0 Å². The van der Waals surface area contributed by atoms with Gasteiger partial charge in [0, 0.05) is 11.3 Å². The molecule has 0 spiro atoms. The van der Waals surface area contributed by atoms with Gasteiger partial charge in [-0.3, -0.25) is 0 Å². The molecule has 1 heteroatoms. The molecule has 1 atom stereocenters. The summed E-state index contributed by atoms with van der Waals surface area (Å²) in [5.41, 5.74) is 5.69. The summed E-state index contributed by atoms with van der Waals surface area (Å²) in [5.74, 6) is 0.584. The van der Waals surface area contributed by atoms with Gasteiger partial charge in [-0.1, -0.05) is 45.9 Å². The van der Waals surface area contributed by atoms with Crippen LogP contribution in [0.3, 0.4) is 0 Å². The van der Waals surface area contributed by atoms with Crippen LogP contribution in [-0.4, -0.2) is 5.54 Å². The number of hydrogen-bond donors (Lipinski definition) is 1. The first-order chi connectivity index (χ1) is 8.49. The summed E-state index contributed by atoms with van der Waals surface area (Å²) in [6.07, 6.45) is 4.62. The second-order valence-electron chi connectivity index (χ2n) is 5.88. The predicted octanol–water partition coefficient (Wildman–Crippen LogP) is 5.20. The molecule has 98 valence electrons. The summed E-state index contributed by atoms with van der Waals surface area (Å²) >= 11 is 0. The number of benzene rings is 1. The minimum Gasteiger partial charge on any atom is -0.376 e. The Morgan fingerprint density at radius 2 is 1.94 bits per heavy atom. The summed E-state index contributed by atoms with van der Waals surface area (Å²) in [5, 5.41) is 3.71. The first-order valence-corrected chi connectivity index (χ1v) is 7.13. The van der Waals surface area contributed by atoms with Crippen LogP contribution in [0.25, 0.3) is 5.57 Å². The third kappa shape index (κ3) is 2.31. The van der Waals surface area contributed by atoms with Crippen molar-refractivity contribution in [3.05, 3.63) is 35.4 Å². The topological polar surface area (TPSA) is 12.0 Å². The Hall–Kier alpha value is -1.24. The van der Waals surface area contributed by atoms with E-state index in [4.69, 9.17) is 0 Å². The Labute approximate surface area is 111 Å². The lowest BCUT2D eigenvalue weighted by molar-refractivity contribution is 0.607. The van der Waals surface area contributed by atoms with Gasteiger partial charge in [0.2, 0.25) is 0 Å². The lowest BCUT2D eigenvalue weighted by Crippen LogP contribution is -2.34. The highest BCUT2D eigenvalue weighted by Gasteiger charge is 2.26. The Morgan fingerprint density at radius 3 is 2.50 bits per heavy atom. The van der Waals surface area contributed by atoms with Crippen LogP contribution in [0.5, 0.6) is 0 Å².